The molecule has 474 valence electrons. The fourth-order valence-electron chi connectivity index (χ4n) is 11.6. The van der Waals surface area contributed by atoms with Gasteiger partial charge in [-0.15, -0.1) is 0 Å². The maximum atomic E-state index is 12.5. The average Bonchev–Trinajstić information content (AvgIpc) is 3.46. The zero-order chi connectivity index (χ0) is 57.8. The lowest BCUT2D eigenvalue weighted by atomic mass is 10.0. The first-order valence-electron chi connectivity index (χ1n) is 36.6. The molecule has 6 heteroatoms. The maximum absolute atomic E-state index is 12.5. The van der Waals surface area contributed by atoms with Crippen LogP contribution >= 0.6 is 0 Å². The number of aliphatic hydroxyl groups excluding tert-OH is 2. The Labute approximate surface area is 501 Å². The molecule has 2 unspecified atom stereocenters. The van der Waals surface area contributed by atoms with Crippen molar-refractivity contribution in [3.8, 4) is 0 Å². The van der Waals surface area contributed by atoms with Crippen LogP contribution in [0.1, 0.15) is 412 Å². The quantitative estimate of drug-likeness (QED) is 0.0320. The Hall–Kier alpha value is -1.66. The summed E-state index contributed by atoms with van der Waals surface area (Å²) >= 11 is 0. The molecule has 0 rings (SSSR count). The van der Waals surface area contributed by atoms with Gasteiger partial charge in [0.25, 0.3) is 0 Å². The van der Waals surface area contributed by atoms with E-state index in [2.05, 4.69) is 43.5 Å². The number of allylic oxidation sites excluding steroid dienone is 4. The Morgan fingerprint density at radius 3 is 0.887 bits per heavy atom. The highest BCUT2D eigenvalue weighted by Crippen LogP contribution is 2.19. The Morgan fingerprint density at radius 2 is 0.588 bits per heavy atom. The zero-order valence-electron chi connectivity index (χ0n) is 54.3. The van der Waals surface area contributed by atoms with Crippen LogP contribution in [0, 0.1) is 0 Å². The van der Waals surface area contributed by atoms with Gasteiger partial charge in [-0.25, -0.2) is 0 Å². The van der Waals surface area contributed by atoms with Gasteiger partial charge in [0.1, 0.15) is 0 Å². The van der Waals surface area contributed by atoms with Crippen LogP contribution in [-0.4, -0.2) is 47.4 Å². The van der Waals surface area contributed by atoms with Crippen molar-refractivity contribution in [2.24, 2.45) is 0 Å². The molecule has 0 aromatic carbocycles. The van der Waals surface area contributed by atoms with Crippen LogP contribution in [0.2, 0.25) is 0 Å². The van der Waals surface area contributed by atoms with Crippen LogP contribution in [0.5, 0.6) is 0 Å². The van der Waals surface area contributed by atoms with Crippen molar-refractivity contribution in [3.63, 3.8) is 0 Å². The summed E-state index contributed by atoms with van der Waals surface area (Å²) < 4.78 is 5.51. The van der Waals surface area contributed by atoms with Crippen molar-refractivity contribution in [1.82, 2.24) is 5.32 Å². The van der Waals surface area contributed by atoms with Gasteiger partial charge in [-0.2, -0.15) is 0 Å². The van der Waals surface area contributed by atoms with Crippen molar-refractivity contribution in [1.29, 1.82) is 0 Å². The molecule has 0 fully saturated rings. The molecule has 80 heavy (non-hydrogen) atoms. The summed E-state index contributed by atoms with van der Waals surface area (Å²) in [6.45, 7) is 4.99. The van der Waals surface area contributed by atoms with E-state index in [4.69, 9.17) is 4.74 Å². The minimum Gasteiger partial charge on any atom is -0.466 e. The molecule has 1 amide bonds. The highest BCUT2D eigenvalue weighted by Gasteiger charge is 2.20. The van der Waals surface area contributed by atoms with E-state index in [1.807, 2.05) is 0 Å². The van der Waals surface area contributed by atoms with Crippen molar-refractivity contribution >= 4 is 11.9 Å². The summed E-state index contributed by atoms with van der Waals surface area (Å²) in [5.74, 6) is -0.0221. The molecule has 0 aliphatic carbocycles. The van der Waals surface area contributed by atoms with Gasteiger partial charge < -0.3 is 20.3 Å². The van der Waals surface area contributed by atoms with Gasteiger partial charge in [0.05, 0.1) is 25.4 Å². The summed E-state index contributed by atoms with van der Waals surface area (Å²) in [6, 6.07) is -0.546. The lowest BCUT2D eigenvalue weighted by Gasteiger charge is -2.22. The van der Waals surface area contributed by atoms with Gasteiger partial charge in [0.15, 0.2) is 0 Å². The first kappa shape index (κ1) is 78.3. The molecule has 0 spiro atoms. The van der Waals surface area contributed by atoms with E-state index in [1.54, 1.807) is 0 Å². The number of ether oxygens (including phenoxy) is 1. The van der Waals surface area contributed by atoms with E-state index >= 15 is 0 Å². The number of nitrogens with one attached hydrogen (secondary N) is 1. The first-order valence-corrected chi connectivity index (χ1v) is 36.6. The molecule has 0 aromatic rings. The van der Waals surface area contributed by atoms with Crippen LogP contribution in [0.15, 0.2) is 24.3 Å². The van der Waals surface area contributed by atoms with Gasteiger partial charge in [-0.05, 0) is 77.0 Å². The predicted molar refractivity (Wildman–Crippen MR) is 352 cm³/mol. The van der Waals surface area contributed by atoms with Crippen LogP contribution in [-0.2, 0) is 14.3 Å². The topological polar surface area (TPSA) is 95.9 Å². The Kier molecular flexibility index (Phi) is 68.4. The predicted octanol–water partition coefficient (Wildman–Crippen LogP) is 23.7. The van der Waals surface area contributed by atoms with Crippen molar-refractivity contribution < 1.29 is 24.5 Å². The summed E-state index contributed by atoms with van der Waals surface area (Å²) in [7, 11) is 0. The standard InChI is InChI=1S/C74H143NO5/c1-3-5-7-9-11-13-15-17-19-21-23-31-34-38-42-46-50-54-58-62-66-72(77)71(70-76)75-73(78)67-63-59-55-51-47-43-39-35-32-28-26-24-25-27-29-33-37-41-45-49-53-57-61-65-69-80-74(79)68-64-60-56-52-48-44-40-36-30-22-20-18-16-14-12-10-8-6-4-2/h18,20,26,28,71-72,76-77H,3-17,19,21-25,27,29-70H2,1-2H3,(H,75,78)/b20-18-,28-26-. The summed E-state index contributed by atoms with van der Waals surface area (Å²) in [6.07, 6.45) is 88.0. The number of hydrogen-bond acceptors (Lipinski definition) is 5. The summed E-state index contributed by atoms with van der Waals surface area (Å²) in [4.78, 5) is 24.7. The number of unbranched alkanes of at least 4 members (excludes halogenated alkanes) is 54. The van der Waals surface area contributed by atoms with Crippen molar-refractivity contribution in [3.05, 3.63) is 24.3 Å². The van der Waals surface area contributed by atoms with E-state index < -0.39 is 12.1 Å². The van der Waals surface area contributed by atoms with E-state index in [-0.39, 0.29) is 18.5 Å². The number of rotatable bonds is 69. The largest absolute Gasteiger partial charge is 0.466 e. The van der Waals surface area contributed by atoms with E-state index in [0.29, 0.717) is 25.9 Å². The van der Waals surface area contributed by atoms with E-state index in [0.717, 1.165) is 44.9 Å². The third kappa shape index (κ3) is 65.5. The molecule has 0 radical (unpaired) electrons. The molecule has 2 atom stereocenters. The molecule has 0 saturated carbocycles. The van der Waals surface area contributed by atoms with Gasteiger partial charge >= 0.3 is 5.97 Å². The molecule has 3 N–H and O–H groups in total. The molecule has 0 saturated heterocycles. The van der Waals surface area contributed by atoms with Crippen LogP contribution in [0.4, 0.5) is 0 Å². The third-order valence-electron chi connectivity index (χ3n) is 17.2. The summed E-state index contributed by atoms with van der Waals surface area (Å²) in [5.41, 5.74) is 0. The second-order valence-corrected chi connectivity index (χ2v) is 25.3. The van der Waals surface area contributed by atoms with Gasteiger partial charge in [0.2, 0.25) is 5.91 Å². The molecular weight excluding hydrogens is 983 g/mol. The fourth-order valence-corrected chi connectivity index (χ4v) is 11.6. The monoisotopic (exact) mass is 1130 g/mol. The number of amides is 1. The van der Waals surface area contributed by atoms with Crippen LogP contribution < -0.4 is 5.32 Å². The molecule has 0 aliphatic heterocycles. The minimum absolute atomic E-state index is 0.0132. The van der Waals surface area contributed by atoms with Crippen molar-refractivity contribution in [2.75, 3.05) is 13.2 Å². The number of carbonyl (C=O) groups is 2. The Morgan fingerprint density at radius 1 is 0.338 bits per heavy atom. The fraction of sp³-hybridized carbons (Fsp3) is 0.919. The Bertz CT molecular complexity index is 1250. The van der Waals surface area contributed by atoms with Gasteiger partial charge in [0, 0.05) is 12.8 Å². The number of esters is 1. The van der Waals surface area contributed by atoms with Crippen molar-refractivity contribution in [2.45, 2.75) is 424 Å². The molecule has 0 aliphatic rings. The second kappa shape index (κ2) is 69.8. The molecule has 0 aromatic heterocycles. The number of hydrogen-bond donors (Lipinski definition) is 3. The summed E-state index contributed by atoms with van der Waals surface area (Å²) in [5, 5.41) is 23.4. The molecule has 0 bridgehead atoms. The molecule has 6 nitrogen and oxygen atoms in total. The normalized spacial score (nSPS) is 12.6. The zero-order valence-corrected chi connectivity index (χ0v) is 54.3. The molecule has 0 heterocycles. The number of aliphatic hydroxyl groups is 2. The second-order valence-electron chi connectivity index (χ2n) is 25.3. The van der Waals surface area contributed by atoms with Crippen LogP contribution in [0.3, 0.4) is 0 Å². The highest BCUT2D eigenvalue weighted by atomic mass is 16.5. The highest BCUT2D eigenvalue weighted by molar-refractivity contribution is 5.76. The molecular formula is C74H143NO5. The van der Waals surface area contributed by atoms with Gasteiger partial charge in [-0.1, -0.05) is 346 Å². The van der Waals surface area contributed by atoms with Crippen LogP contribution in [0.25, 0.3) is 0 Å². The number of carbonyl (C=O) groups excluding carboxylic acids is 2. The minimum atomic E-state index is -0.668. The average molecular weight is 1130 g/mol. The third-order valence-corrected chi connectivity index (χ3v) is 17.2. The SMILES string of the molecule is CCCCCCCC/C=C\CCCCCCCCCCCC(=O)OCCCCCCCCCCCCCC/C=C\CCCCCCCCCCC(=O)NC(CO)C(O)CCCCCCCCCCCCCCCCCCCCCC. The van der Waals surface area contributed by atoms with E-state index in [1.165, 1.54) is 334 Å². The lowest BCUT2D eigenvalue weighted by molar-refractivity contribution is -0.143. The smallest absolute Gasteiger partial charge is 0.305 e. The first-order chi connectivity index (χ1) is 39.5. The maximum Gasteiger partial charge on any atom is 0.305 e. The Balaban J connectivity index is 3.39. The lowest BCUT2D eigenvalue weighted by Crippen LogP contribution is -2.45. The van der Waals surface area contributed by atoms with E-state index in [9.17, 15) is 19.8 Å². The van der Waals surface area contributed by atoms with Gasteiger partial charge in [-0.3, -0.25) is 9.59 Å².